The standard InChI is InChI=1S/C21H20O5/c1-12-4-9-18-17(10-12)20(23)19(21(24)26-18)16(11-13(2)22)14-5-7-15(25-3)8-6-14/h4-10,16,23H,11H2,1-3H3. The lowest BCUT2D eigenvalue weighted by Gasteiger charge is -2.18. The minimum absolute atomic E-state index is 0.0853. The zero-order valence-electron chi connectivity index (χ0n) is 14.9. The number of hydrogen-bond donors (Lipinski definition) is 1. The van der Waals surface area contributed by atoms with Gasteiger partial charge in [-0.05, 0) is 43.7 Å². The number of ether oxygens (including phenoxy) is 1. The predicted octanol–water partition coefficient (Wildman–Crippen LogP) is 3.93. The topological polar surface area (TPSA) is 76.7 Å². The van der Waals surface area contributed by atoms with Gasteiger partial charge in [-0.25, -0.2) is 4.79 Å². The Labute approximate surface area is 150 Å². The van der Waals surface area contributed by atoms with Gasteiger partial charge in [-0.15, -0.1) is 0 Å². The molecule has 1 unspecified atom stereocenters. The lowest BCUT2D eigenvalue weighted by Crippen LogP contribution is -2.16. The zero-order valence-corrected chi connectivity index (χ0v) is 14.9. The van der Waals surface area contributed by atoms with Crippen molar-refractivity contribution >= 4 is 16.8 Å². The molecule has 0 radical (unpaired) electrons. The molecule has 26 heavy (non-hydrogen) atoms. The van der Waals surface area contributed by atoms with Crippen LogP contribution in [0.3, 0.4) is 0 Å². The average molecular weight is 352 g/mol. The van der Waals surface area contributed by atoms with Crippen LogP contribution in [0.15, 0.2) is 51.7 Å². The highest BCUT2D eigenvalue weighted by Gasteiger charge is 2.26. The van der Waals surface area contributed by atoms with Crippen molar-refractivity contribution in [3.05, 3.63) is 69.6 Å². The van der Waals surface area contributed by atoms with E-state index < -0.39 is 11.5 Å². The number of aryl methyl sites for hydroxylation is 1. The fourth-order valence-corrected chi connectivity index (χ4v) is 3.13. The summed E-state index contributed by atoms with van der Waals surface area (Å²) in [5.74, 6) is -0.156. The fraction of sp³-hybridized carbons (Fsp3) is 0.238. The van der Waals surface area contributed by atoms with Gasteiger partial charge in [0.05, 0.1) is 18.1 Å². The predicted molar refractivity (Wildman–Crippen MR) is 99.0 cm³/mol. The van der Waals surface area contributed by atoms with Crippen LogP contribution in [-0.2, 0) is 4.79 Å². The van der Waals surface area contributed by atoms with Gasteiger partial charge in [0, 0.05) is 12.3 Å². The van der Waals surface area contributed by atoms with E-state index in [1.54, 1.807) is 49.6 Å². The van der Waals surface area contributed by atoms with Gasteiger partial charge in [-0.1, -0.05) is 23.8 Å². The largest absolute Gasteiger partial charge is 0.507 e. The molecule has 1 atom stereocenters. The third-order valence-electron chi connectivity index (χ3n) is 4.43. The molecule has 0 fully saturated rings. The number of hydrogen-bond acceptors (Lipinski definition) is 5. The second-order valence-corrected chi connectivity index (χ2v) is 6.38. The Morgan fingerprint density at radius 1 is 1.19 bits per heavy atom. The average Bonchev–Trinajstić information content (AvgIpc) is 2.61. The van der Waals surface area contributed by atoms with Gasteiger partial charge in [-0.3, -0.25) is 4.79 Å². The van der Waals surface area contributed by atoms with E-state index in [1.807, 2.05) is 6.92 Å². The minimum atomic E-state index is -0.638. The van der Waals surface area contributed by atoms with Crippen molar-refractivity contribution < 1.29 is 19.1 Å². The molecule has 0 spiro atoms. The van der Waals surface area contributed by atoms with Gasteiger partial charge in [0.1, 0.15) is 22.9 Å². The highest BCUT2D eigenvalue weighted by atomic mass is 16.5. The first kappa shape index (κ1) is 17.7. The number of Topliss-reactive ketones (excluding diaryl/α,β-unsaturated/α-hetero) is 1. The summed E-state index contributed by atoms with van der Waals surface area (Å²) in [5, 5.41) is 11.3. The summed E-state index contributed by atoms with van der Waals surface area (Å²) in [6, 6.07) is 12.3. The Hall–Kier alpha value is -3.08. The second-order valence-electron chi connectivity index (χ2n) is 6.38. The summed E-state index contributed by atoms with van der Waals surface area (Å²) in [4.78, 5) is 24.4. The lowest BCUT2D eigenvalue weighted by molar-refractivity contribution is -0.117. The van der Waals surface area contributed by atoms with Crippen molar-refractivity contribution in [2.24, 2.45) is 0 Å². The lowest BCUT2D eigenvalue weighted by atomic mass is 9.87. The Morgan fingerprint density at radius 2 is 1.88 bits per heavy atom. The zero-order chi connectivity index (χ0) is 18.8. The maximum Gasteiger partial charge on any atom is 0.343 e. The molecule has 0 saturated heterocycles. The van der Waals surface area contributed by atoms with Crippen molar-refractivity contribution in [1.29, 1.82) is 0 Å². The molecule has 1 heterocycles. The minimum Gasteiger partial charge on any atom is -0.507 e. The number of methoxy groups -OCH3 is 1. The molecular formula is C21H20O5. The third-order valence-corrected chi connectivity index (χ3v) is 4.43. The second kappa shape index (κ2) is 7.04. The summed E-state index contributed by atoms with van der Waals surface area (Å²) in [6.07, 6.45) is 0.0853. The Balaban J connectivity index is 2.23. The van der Waals surface area contributed by atoms with Crippen molar-refractivity contribution in [1.82, 2.24) is 0 Å². The Morgan fingerprint density at radius 3 is 2.50 bits per heavy atom. The summed E-state index contributed by atoms with van der Waals surface area (Å²) in [6.45, 7) is 3.35. The molecule has 0 aliphatic heterocycles. The van der Waals surface area contributed by atoms with Crippen LogP contribution in [0.1, 0.15) is 36.0 Å². The first-order valence-corrected chi connectivity index (χ1v) is 8.30. The molecular weight excluding hydrogens is 332 g/mol. The van der Waals surface area contributed by atoms with Crippen molar-refractivity contribution in [3.8, 4) is 11.5 Å². The fourth-order valence-electron chi connectivity index (χ4n) is 3.13. The van der Waals surface area contributed by atoms with E-state index in [0.29, 0.717) is 16.7 Å². The van der Waals surface area contributed by atoms with E-state index in [-0.39, 0.29) is 23.5 Å². The number of benzene rings is 2. The smallest absolute Gasteiger partial charge is 0.343 e. The van der Waals surface area contributed by atoms with Crippen LogP contribution in [0.2, 0.25) is 0 Å². The Kier molecular flexibility index (Phi) is 4.80. The maximum absolute atomic E-state index is 12.6. The molecule has 1 N–H and O–H groups in total. The van der Waals surface area contributed by atoms with Crippen LogP contribution in [0, 0.1) is 6.92 Å². The molecule has 0 aliphatic carbocycles. The number of carbonyl (C=O) groups excluding carboxylic acids is 1. The van der Waals surface area contributed by atoms with E-state index in [4.69, 9.17) is 9.15 Å². The van der Waals surface area contributed by atoms with Crippen LogP contribution in [0.4, 0.5) is 0 Å². The number of ketones is 1. The SMILES string of the molecule is COc1ccc(C(CC(C)=O)c2c(O)c3cc(C)ccc3oc2=O)cc1. The van der Waals surface area contributed by atoms with Crippen LogP contribution >= 0.6 is 0 Å². The van der Waals surface area contributed by atoms with Crippen LogP contribution in [0.25, 0.3) is 11.0 Å². The van der Waals surface area contributed by atoms with E-state index >= 15 is 0 Å². The highest BCUT2D eigenvalue weighted by molar-refractivity contribution is 5.85. The normalized spacial score (nSPS) is 12.1. The molecule has 0 bridgehead atoms. The molecule has 1 aromatic heterocycles. The molecule has 0 saturated carbocycles. The first-order valence-electron chi connectivity index (χ1n) is 8.30. The quantitative estimate of drug-likeness (QED) is 0.704. The molecule has 3 rings (SSSR count). The van der Waals surface area contributed by atoms with Crippen LogP contribution < -0.4 is 10.4 Å². The van der Waals surface area contributed by atoms with E-state index in [1.165, 1.54) is 6.92 Å². The van der Waals surface area contributed by atoms with Crippen LogP contribution in [-0.4, -0.2) is 18.0 Å². The number of rotatable bonds is 5. The molecule has 134 valence electrons. The van der Waals surface area contributed by atoms with E-state index in [2.05, 4.69) is 0 Å². The summed E-state index contributed by atoms with van der Waals surface area (Å²) >= 11 is 0. The van der Waals surface area contributed by atoms with Crippen LogP contribution in [0.5, 0.6) is 11.5 Å². The van der Waals surface area contributed by atoms with Gasteiger partial charge in [0.15, 0.2) is 0 Å². The Bertz CT molecular complexity index is 1010. The molecule has 0 amide bonds. The van der Waals surface area contributed by atoms with E-state index in [9.17, 15) is 14.7 Å². The summed E-state index contributed by atoms with van der Waals surface area (Å²) in [5.41, 5.74) is 1.44. The number of carbonyl (C=O) groups is 1. The third kappa shape index (κ3) is 3.33. The number of aromatic hydroxyl groups is 1. The number of fused-ring (bicyclic) bond motifs is 1. The molecule has 2 aromatic carbocycles. The summed E-state index contributed by atoms with van der Waals surface area (Å²) < 4.78 is 10.6. The van der Waals surface area contributed by atoms with Crippen molar-refractivity contribution in [2.45, 2.75) is 26.2 Å². The molecule has 5 heteroatoms. The van der Waals surface area contributed by atoms with Crippen molar-refractivity contribution in [2.75, 3.05) is 7.11 Å². The molecule has 5 nitrogen and oxygen atoms in total. The maximum atomic E-state index is 12.6. The van der Waals surface area contributed by atoms with Gasteiger partial charge in [-0.2, -0.15) is 0 Å². The van der Waals surface area contributed by atoms with Gasteiger partial charge in [0.2, 0.25) is 0 Å². The van der Waals surface area contributed by atoms with Gasteiger partial charge in [0.25, 0.3) is 0 Å². The monoisotopic (exact) mass is 352 g/mol. The van der Waals surface area contributed by atoms with Crippen molar-refractivity contribution in [3.63, 3.8) is 0 Å². The highest BCUT2D eigenvalue weighted by Crippen LogP contribution is 2.37. The van der Waals surface area contributed by atoms with Gasteiger partial charge >= 0.3 is 5.63 Å². The van der Waals surface area contributed by atoms with E-state index in [0.717, 1.165) is 11.1 Å². The summed E-state index contributed by atoms with van der Waals surface area (Å²) in [7, 11) is 1.56. The molecule has 0 aliphatic rings. The molecule has 3 aromatic rings. The van der Waals surface area contributed by atoms with Gasteiger partial charge < -0.3 is 14.3 Å². The first-order chi connectivity index (χ1) is 12.4.